The Morgan fingerprint density at radius 3 is 2.50 bits per heavy atom. The van der Waals surface area contributed by atoms with Gasteiger partial charge in [-0.1, -0.05) is 6.42 Å². The van der Waals surface area contributed by atoms with Crippen molar-refractivity contribution in [3.05, 3.63) is 0 Å². The molecule has 2 aliphatic rings. The van der Waals surface area contributed by atoms with Crippen LogP contribution in [0.15, 0.2) is 0 Å². The number of nitrogens with one attached hydrogen (secondary N) is 1. The van der Waals surface area contributed by atoms with E-state index in [1.54, 1.807) is 0 Å². The third-order valence-electron chi connectivity index (χ3n) is 3.89. The summed E-state index contributed by atoms with van der Waals surface area (Å²) in [5.41, 5.74) is -0.773. The van der Waals surface area contributed by atoms with E-state index in [-0.39, 0.29) is 24.9 Å². The van der Waals surface area contributed by atoms with Gasteiger partial charge >= 0.3 is 5.97 Å². The Kier molecular flexibility index (Phi) is 3.54. The van der Waals surface area contributed by atoms with E-state index in [0.717, 1.165) is 12.8 Å². The number of hydrogen-bond donors (Lipinski definition) is 2. The third-order valence-corrected chi connectivity index (χ3v) is 3.89. The van der Waals surface area contributed by atoms with Crippen LogP contribution in [0.5, 0.6) is 0 Å². The Morgan fingerprint density at radius 1 is 1.33 bits per heavy atom. The van der Waals surface area contributed by atoms with Crippen molar-refractivity contribution in [2.45, 2.75) is 32.1 Å². The van der Waals surface area contributed by atoms with Crippen molar-refractivity contribution in [3.63, 3.8) is 0 Å². The predicted octanol–water partition coefficient (Wildman–Crippen LogP) is -0.0201. The Balaban J connectivity index is 1.78. The number of nitrogens with zero attached hydrogens (tertiary/aromatic N) is 1. The zero-order chi connectivity index (χ0) is 13.2. The number of aliphatic carboxylic acids is 1. The van der Waals surface area contributed by atoms with Crippen LogP contribution in [0.3, 0.4) is 0 Å². The first kappa shape index (κ1) is 12.9. The monoisotopic (exact) mass is 254 g/mol. The molecule has 2 N–H and O–H groups in total. The highest BCUT2D eigenvalue weighted by molar-refractivity contribution is 5.86. The van der Waals surface area contributed by atoms with Gasteiger partial charge in [-0.25, -0.2) is 0 Å². The van der Waals surface area contributed by atoms with Gasteiger partial charge in [-0.2, -0.15) is 0 Å². The minimum absolute atomic E-state index is 0.00161. The predicted molar refractivity (Wildman–Crippen MR) is 62.7 cm³/mol. The smallest absolute Gasteiger partial charge is 0.311 e. The quantitative estimate of drug-likeness (QED) is 0.722. The molecule has 1 saturated heterocycles. The first-order valence-corrected chi connectivity index (χ1v) is 6.31. The molecule has 0 aromatic heterocycles. The van der Waals surface area contributed by atoms with Crippen LogP contribution < -0.4 is 5.32 Å². The third kappa shape index (κ3) is 2.47. The van der Waals surface area contributed by atoms with Crippen LogP contribution in [0.2, 0.25) is 0 Å². The van der Waals surface area contributed by atoms with Gasteiger partial charge in [0.2, 0.25) is 11.8 Å². The fourth-order valence-corrected chi connectivity index (χ4v) is 2.44. The molecule has 18 heavy (non-hydrogen) atoms. The van der Waals surface area contributed by atoms with Crippen LogP contribution in [-0.2, 0) is 14.4 Å². The van der Waals surface area contributed by atoms with Gasteiger partial charge in [0.05, 0.1) is 12.0 Å². The molecule has 6 heteroatoms. The van der Waals surface area contributed by atoms with E-state index in [0.29, 0.717) is 25.8 Å². The second-order valence-electron chi connectivity index (χ2n) is 5.13. The standard InChI is InChI=1S/C12H18N2O4/c15-9(7-14-6-1-3-10(14)16)13-8-12(11(17)18)4-2-5-12/h1-8H2,(H,13,15)(H,17,18). The van der Waals surface area contributed by atoms with Gasteiger partial charge in [-0.05, 0) is 19.3 Å². The van der Waals surface area contributed by atoms with Gasteiger partial charge < -0.3 is 15.3 Å². The van der Waals surface area contributed by atoms with Gasteiger partial charge in [0.25, 0.3) is 0 Å². The van der Waals surface area contributed by atoms with E-state index < -0.39 is 11.4 Å². The van der Waals surface area contributed by atoms with Crippen molar-refractivity contribution in [1.29, 1.82) is 0 Å². The molecule has 2 amide bonds. The van der Waals surface area contributed by atoms with Gasteiger partial charge in [0, 0.05) is 19.5 Å². The topological polar surface area (TPSA) is 86.7 Å². The van der Waals surface area contributed by atoms with Crippen LogP contribution in [0.4, 0.5) is 0 Å². The highest BCUT2D eigenvalue weighted by Crippen LogP contribution is 2.40. The van der Waals surface area contributed by atoms with E-state index in [4.69, 9.17) is 5.11 Å². The lowest BCUT2D eigenvalue weighted by Gasteiger charge is -2.37. The highest BCUT2D eigenvalue weighted by Gasteiger charge is 2.44. The summed E-state index contributed by atoms with van der Waals surface area (Å²) in [6, 6.07) is 0. The fourth-order valence-electron chi connectivity index (χ4n) is 2.44. The van der Waals surface area contributed by atoms with Gasteiger partial charge in [0.1, 0.15) is 0 Å². The number of carboxylic acids is 1. The molecule has 6 nitrogen and oxygen atoms in total. The normalized spacial score (nSPS) is 21.6. The maximum Gasteiger partial charge on any atom is 0.311 e. The first-order valence-electron chi connectivity index (χ1n) is 6.31. The molecule has 0 atom stereocenters. The first-order chi connectivity index (χ1) is 8.53. The minimum Gasteiger partial charge on any atom is -0.481 e. The van der Waals surface area contributed by atoms with Crippen LogP contribution in [0.1, 0.15) is 32.1 Å². The molecule has 0 aromatic rings. The summed E-state index contributed by atoms with van der Waals surface area (Å²) in [4.78, 5) is 35.6. The summed E-state index contributed by atoms with van der Waals surface area (Å²) in [6.45, 7) is 0.841. The summed E-state index contributed by atoms with van der Waals surface area (Å²) >= 11 is 0. The van der Waals surface area contributed by atoms with E-state index >= 15 is 0 Å². The molecule has 0 radical (unpaired) electrons. The maximum absolute atomic E-state index is 11.7. The van der Waals surface area contributed by atoms with Crippen LogP contribution in [0.25, 0.3) is 0 Å². The Morgan fingerprint density at radius 2 is 2.06 bits per heavy atom. The molecule has 1 aliphatic heterocycles. The van der Waals surface area contributed by atoms with E-state index in [1.807, 2.05) is 0 Å². The number of rotatable bonds is 5. The zero-order valence-electron chi connectivity index (χ0n) is 10.3. The number of carbonyl (C=O) groups is 3. The lowest BCUT2D eigenvalue weighted by Crippen LogP contribution is -2.49. The molecule has 1 heterocycles. The molecule has 1 saturated carbocycles. The van der Waals surface area contributed by atoms with Gasteiger partial charge in [0.15, 0.2) is 0 Å². The van der Waals surface area contributed by atoms with Crippen molar-refractivity contribution in [3.8, 4) is 0 Å². The maximum atomic E-state index is 11.7. The summed E-state index contributed by atoms with van der Waals surface area (Å²) < 4.78 is 0. The molecule has 0 unspecified atom stereocenters. The number of hydrogen-bond acceptors (Lipinski definition) is 3. The van der Waals surface area contributed by atoms with E-state index in [2.05, 4.69) is 5.32 Å². The molecule has 1 aliphatic carbocycles. The average molecular weight is 254 g/mol. The van der Waals surface area contributed by atoms with Crippen molar-refractivity contribution < 1.29 is 19.5 Å². The minimum atomic E-state index is -0.841. The van der Waals surface area contributed by atoms with Crippen LogP contribution in [-0.4, -0.2) is 47.4 Å². The molecule has 0 spiro atoms. The second kappa shape index (κ2) is 4.96. The Hall–Kier alpha value is -1.59. The SMILES string of the molecule is O=C(CN1CCCC1=O)NCC1(C(=O)O)CCC1. The summed E-state index contributed by atoms with van der Waals surface area (Å²) in [5, 5.41) is 11.7. The largest absolute Gasteiger partial charge is 0.481 e. The van der Waals surface area contributed by atoms with Crippen molar-refractivity contribution in [2.24, 2.45) is 5.41 Å². The van der Waals surface area contributed by atoms with E-state index in [9.17, 15) is 14.4 Å². The zero-order valence-corrected chi connectivity index (χ0v) is 10.3. The molecular weight excluding hydrogens is 236 g/mol. The van der Waals surface area contributed by atoms with E-state index in [1.165, 1.54) is 4.90 Å². The fraction of sp³-hybridized carbons (Fsp3) is 0.750. The summed E-state index contributed by atoms with van der Waals surface area (Å²) in [5.74, 6) is -1.11. The number of amides is 2. The van der Waals surface area contributed by atoms with Gasteiger partial charge in [-0.3, -0.25) is 14.4 Å². The number of likely N-dealkylation sites (tertiary alicyclic amines) is 1. The van der Waals surface area contributed by atoms with Crippen LogP contribution in [0, 0.1) is 5.41 Å². The molecule has 0 aromatic carbocycles. The molecule has 2 rings (SSSR count). The highest BCUT2D eigenvalue weighted by atomic mass is 16.4. The molecule has 2 fully saturated rings. The second-order valence-corrected chi connectivity index (χ2v) is 5.13. The summed E-state index contributed by atoms with van der Waals surface area (Å²) in [7, 11) is 0. The molecule has 0 bridgehead atoms. The van der Waals surface area contributed by atoms with Crippen molar-refractivity contribution >= 4 is 17.8 Å². The lowest BCUT2D eigenvalue weighted by atomic mass is 9.69. The van der Waals surface area contributed by atoms with Gasteiger partial charge in [-0.15, -0.1) is 0 Å². The average Bonchev–Trinajstić information content (AvgIpc) is 2.62. The van der Waals surface area contributed by atoms with Crippen LogP contribution >= 0.6 is 0 Å². The number of carboxylic acid groups (broad SMARTS) is 1. The Labute approximate surface area is 105 Å². The van der Waals surface area contributed by atoms with Crippen molar-refractivity contribution in [1.82, 2.24) is 10.2 Å². The number of carbonyl (C=O) groups excluding carboxylic acids is 2. The Bertz CT molecular complexity index is 376. The lowest BCUT2D eigenvalue weighted by molar-refractivity contribution is -0.154. The summed E-state index contributed by atoms with van der Waals surface area (Å²) in [6.07, 6.45) is 3.43. The molecule has 100 valence electrons. The van der Waals surface area contributed by atoms with Crippen molar-refractivity contribution in [2.75, 3.05) is 19.6 Å². The molecular formula is C12H18N2O4.